The summed E-state index contributed by atoms with van der Waals surface area (Å²) in [6, 6.07) is 15.4. The van der Waals surface area contributed by atoms with Crippen LogP contribution in [0.15, 0.2) is 59.7 Å². The van der Waals surface area contributed by atoms with Crippen LogP contribution in [0.3, 0.4) is 0 Å². The highest BCUT2D eigenvalue weighted by molar-refractivity contribution is 6.33. The highest BCUT2D eigenvalue weighted by Crippen LogP contribution is 2.26. The number of carbonyl (C=O) groups is 1. The van der Waals surface area contributed by atoms with Gasteiger partial charge in [-0.3, -0.25) is 14.2 Å². The first kappa shape index (κ1) is 18.7. The number of nitrogens with one attached hydrogen (secondary N) is 1. The van der Waals surface area contributed by atoms with Crippen molar-refractivity contribution in [2.75, 3.05) is 31.1 Å². The minimum Gasteiger partial charge on any atom is -0.367 e. The zero-order valence-electron chi connectivity index (χ0n) is 16.2. The van der Waals surface area contributed by atoms with Crippen LogP contribution < -0.4 is 10.5 Å². The molecule has 7 nitrogen and oxygen atoms in total. The van der Waals surface area contributed by atoms with Gasteiger partial charge in [0.05, 0.1) is 17.0 Å². The number of hydrogen-bond acceptors (Lipinski definition) is 4. The number of nitrogens with zero attached hydrogens (tertiary/aromatic N) is 4. The van der Waals surface area contributed by atoms with Gasteiger partial charge in [0.1, 0.15) is 17.6 Å². The van der Waals surface area contributed by atoms with Crippen molar-refractivity contribution in [3.8, 4) is 0 Å². The first-order chi connectivity index (χ1) is 14.6. The lowest BCUT2D eigenvalue weighted by molar-refractivity contribution is -0.132. The molecular weight excluding hydrogens is 402 g/mol. The largest absolute Gasteiger partial charge is 0.367 e. The summed E-state index contributed by atoms with van der Waals surface area (Å²) in [6.07, 6.45) is 1.46. The van der Waals surface area contributed by atoms with Gasteiger partial charge in [0, 0.05) is 37.1 Å². The van der Waals surface area contributed by atoms with Crippen LogP contribution >= 0.6 is 11.6 Å². The predicted octanol–water partition coefficient (Wildman–Crippen LogP) is 2.88. The van der Waals surface area contributed by atoms with E-state index >= 15 is 0 Å². The molecule has 2 aromatic heterocycles. The summed E-state index contributed by atoms with van der Waals surface area (Å²) in [6.45, 7) is 2.54. The molecular formula is C22H20ClN5O2. The minimum atomic E-state index is -0.237. The van der Waals surface area contributed by atoms with Crippen molar-refractivity contribution in [1.29, 1.82) is 0 Å². The Hall–Kier alpha value is -3.32. The molecule has 152 valence electrons. The van der Waals surface area contributed by atoms with Gasteiger partial charge in [0.15, 0.2) is 0 Å². The van der Waals surface area contributed by atoms with E-state index in [9.17, 15) is 9.59 Å². The average molecular weight is 422 g/mol. The second-order valence-electron chi connectivity index (χ2n) is 7.39. The van der Waals surface area contributed by atoms with Crippen LogP contribution in [0.2, 0.25) is 5.02 Å². The van der Waals surface area contributed by atoms with Crippen LogP contribution in [-0.4, -0.2) is 51.5 Å². The second kappa shape index (κ2) is 7.50. The molecule has 1 fully saturated rings. The second-order valence-corrected chi connectivity index (χ2v) is 7.80. The Morgan fingerprint density at radius 2 is 1.77 bits per heavy atom. The Bertz CT molecular complexity index is 1300. The number of benzene rings is 2. The first-order valence-corrected chi connectivity index (χ1v) is 10.2. The van der Waals surface area contributed by atoms with Crippen molar-refractivity contribution in [3.63, 3.8) is 0 Å². The summed E-state index contributed by atoms with van der Waals surface area (Å²) in [5.74, 6) is -0.0897. The van der Waals surface area contributed by atoms with Crippen molar-refractivity contribution in [3.05, 3.63) is 70.2 Å². The van der Waals surface area contributed by atoms with Gasteiger partial charge in [0.2, 0.25) is 5.91 Å². The highest BCUT2D eigenvalue weighted by Gasteiger charge is 2.23. The summed E-state index contributed by atoms with van der Waals surface area (Å²) in [4.78, 5) is 37.2. The SMILES string of the molecule is O=C(Cn1cnc2c([nH]c3ccccc32)c1=O)N1CCN(c2ccccc2Cl)CC1. The molecule has 0 aliphatic carbocycles. The molecule has 0 unspecified atom stereocenters. The van der Waals surface area contributed by atoms with E-state index in [4.69, 9.17) is 11.6 Å². The number of fused-ring (bicyclic) bond motifs is 3. The number of hydrogen-bond donors (Lipinski definition) is 1. The minimum absolute atomic E-state index is 0.0246. The predicted molar refractivity (Wildman–Crippen MR) is 118 cm³/mol. The van der Waals surface area contributed by atoms with Gasteiger partial charge >= 0.3 is 0 Å². The van der Waals surface area contributed by atoms with E-state index in [-0.39, 0.29) is 18.0 Å². The number of H-pyrrole nitrogens is 1. The van der Waals surface area contributed by atoms with E-state index in [1.807, 2.05) is 48.5 Å². The van der Waals surface area contributed by atoms with Gasteiger partial charge in [-0.05, 0) is 18.2 Å². The van der Waals surface area contributed by atoms with Gasteiger partial charge < -0.3 is 14.8 Å². The van der Waals surface area contributed by atoms with Crippen LogP contribution in [0.4, 0.5) is 5.69 Å². The lowest BCUT2D eigenvalue weighted by Crippen LogP contribution is -2.50. The normalized spacial score (nSPS) is 14.6. The van der Waals surface area contributed by atoms with Crippen LogP contribution in [-0.2, 0) is 11.3 Å². The monoisotopic (exact) mass is 421 g/mol. The molecule has 1 amide bonds. The fraction of sp³-hybridized carbons (Fsp3) is 0.227. The van der Waals surface area contributed by atoms with Gasteiger partial charge in [0.25, 0.3) is 5.56 Å². The molecule has 1 aliphatic heterocycles. The smallest absolute Gasteiger partial charge is 0.278 e. The topological polar surface area (TPSA) is 74.2 Å². The van der Waals surface area contributed by atoms with E-state index in [0.717, 1.165) is 16.6 Å². The van der Waals surface area contributed by atoms with Crippen molar-refractivity contribution in [2.45, 2.75) is 6.54 Å². The zero-order chi connectivity index (χ0) is 20.7. The summed E-state index contributed by atoms with van der Waals surface area (Å²) in [7, 11) is 0. The van der Waals surface area contributed by atoms with Crippen LogP contribution in [0.25, 0.3) is 21.9 Å². The van der Waals surface area contributed by atoms with Gasteiger partial charge in [-0.15, -0.1) is 0 Å². The molecule has 0 saturated carbocycles. The Balaban J connectivity index is 1.32. The van der Waals surface area contributed by atoms with E-state index in [0.29, 0.717) is 42.2 Å². The van der Waals surface area contributed by atoms with E-state index in [1.54, 1.807) is 4.90 Å². The Morgan fingerprint density at radius 1 is 1.03 bits per heavy atom. The third kappa shape index (κ3) is 3.21. The van der Waals surface area contributed by atoms with Gasteiger partial charge in [-0.2, -0.15) is 0 Å². The molecule has 8 heteroatoms. The number of aromatic amines is 1. The number of aromatic nitrogens is 3. The lowest BCUT2D eigenvalue weighted by Gasteiger charge is -2.36. The quantitative estimate of drug-likeness (QED) is 0.552. The lowest BCUT2D eigenvalue weighted by atomic mass is 10.2. The molecule has 0 bridgehead atoms. The number of rotatable bonds is 3. The average Bonchev–Trinajstić information content (AvgIpc) is 3.16. The van der Waals surface area contributed by atoms with Crippen molar-refractivity contribution < 1.29 is 4.79 Å². The number of halogens is 1. The third-order valence-electron chi connectivity index (χ3n) is 5.61. The first-order valence-electron chi connectivity index (χ1n) is 9.85. The summed E-state index contributed by atoms with van der Waals surface area (Å²) in [5, 5.41) is 1.61. The van der Waals surface area contributed by atoms with E-state index in [2.05, 4.69) is 14.9 Å². The molecule has 1 N–H and O–H groups in total. The fourth-order valence-corrected chi connectivity index (χ4v) is 4.26. The Labute approximate surface area is 177 Å². The summed E-state index contributed by atoms with van der Waals surface area (Å²) < 4.78 is 1.38. The van der Waals surface area contributed by atoms with Crippen molar-refractivity contribution in [2.24, 2.45) is 0 Å². The van der Waals surface area contributed by atoms with Gasteiger partial charge in [-0.25, -0.2) is 4.98 Å². The Morgan fingerprint density at radius 3 is 2.57 bits per heavy atom. The number of piperazine rings is 1. The number of carbonyl (C=O) groups excluding carboxylic acids is 1. The van der Waals surface area contributed by atoms with Crippen LogP contribution in [0.5, 0.6) is 0 Å². The standard InChI is InChI=1S/C22H20ClN5O2/c23-16-6-2-4-8-18(16)26-9-11-27(12-10-26)19(29)13-28-14-24-20-15-5-1-3-7-17(15)25-21(20)22(28)30/h1-8,14,25H,9-13H2. The number of para-hydroxylation sites is 2. The molecule has 0 spiro atoms. The van der Waals surface area contributed by atoms with E-state index < -0.39 is 0 Å². The Kier molecular flexibility index (Phi) is 4.67. The molecule has 4 aromatic rings. The summed E-state index contributed by atoms with van der Waals surface area (Å²) in [5.41, 5.74) is 2.66. The van der Waals surface area contributed by atoms with Gasteiger partial charge in [-0.1, -0.05) is 41.9 Å². The molecule has 30 heavy (non-hydrogen) atoms. The number of amides is 1. The fourth-order valence-electron chi connectivity index (χ4n) is 4.00. The molecule has 0 atom stereocenters. The zero-order valence-corrected chi connectivity index (χ0v) is 17.0. The molecule has 0 radical (unpaired) electrons. The van der Waals surface area contributed by atoms with Crippen molar-refractivity contribution in [1.82, 2.24) is 19.4 Å². The molecule has 1 aliphatic rings. The summed E-state index contributed by atoms with van der Waals surface area (Å²) >= 11 is 6.29. The maximum atomic E-state index is 12.9. The van der Waals surface area contributed by atoms with Crippen LogP contribution in [0, 0.1) is 0 Å². The number of anilines is 1. The van der Waals surface area contributed by atoms with Crippen molar-refractivity contribution >= 4 is 45.1 Å². The third-order valence-corrected chi connectivity index (χ3v) is 5.93. The molecule has 2 aromatic carbocycles. The maximum absolute atomic E-state index is 12.9. The molecule has 1 saturated heterocycles. The maximum Gasteiger partial charge on any atom is 0.278 e. The molecule has 3 heterocycles. The van der Waals surface area contributed by atoms with E-state index in [1.165, 1.54) is 10.9 Å². The molecule has 5 rings (SSSR count). The van der Waals surface area contributed by atoms with Crippen LogP contribution in [0.1, 0.15) is 0 Å². The highest BCUT2D eigenvalue weighted by atomic mass is 35.5.